The van der Waals surface area contributed by atoms with Crippen molar-refractivity contribution in [3.63, 3.8) is 0 Å². The van der Waals surface area contributed by atoms with Gasteiger partial charge in [0.05, 0.1) is 24.7 Å². The summed E-state index contributed by atoms with van der Waals surface area (Å²) in [5.41, 5.74) is 1.19. The summed E-state index contributed by atoms with van der Waals surface area (Å²) in [5, 5.41) is 10.1. The summed E-state index contributed by atoms with van der Waals surface area (Å²) in [5.74, 6) is 0.765. The van der Waals surface area contributed by atoms with Gasteiger partial charge in [-0.15, -0.1) is 0 Å². The summed E-state index contributed by atoms with van der Waals surface area (Å²) in [6, 6.07) is 5.14. The van der Waals surface area contributed by atoms with Crippen molar-refractivity contribution in [2.24, 2.45) is 0 Å². The third kappa shape index (κ3) is 2.91. The Morgan fingerprint density at radius 3 is 2.85 bits per heavy atom. The van der Waals surface area contributed by atoms with Crippen molar-refractivity contribution >= 4 is 15.7 Å². The van der Waals surface area contributed by atoms with Gasteiger partial charge < -0.3 is 9.84 Å². The summed E-state index contributed by atoms with van der Waals surface area (Å²) in [7, 11) is -1.77. The van der Waals surface area contributed by atoms with Gasteiger partial charge in [0.25, 0.3) is 0 Å². The van der Waals surface area contributed by atoms with E-state index in [1.54, 1.807) is 25.3 Å². The molecule has 0 aromatic heterocycles. The fourth-order valence-electron chi connectivity index (χ4n) is 2.39. The molecule has 1 N–H and O–H groups in total. The number of fused-ring (bicyclic) bond motifs is 1. The quantitative estimate of drug-likeness (QED) is 0.904. The van der Waals surface area contributed by atoms with E-state index in [9.17, 15) is 13.5 Å². The minimum atomic E-state index is -3.32. The molecule has 1 unspecified atom stereocenters. The lowest BCUT2D eigenvalue weighted by Crippen LogP contribution is -2.38. The SMILES string of the molecule is CCCCS(=O)(=O)N1CCC(O)c2cc(OC)ccc21. The summed E-state index contributed by atoms with van der Waals surface area (Å²) in [4.78, 5) is 0. The number of rotatable bonds is 5. The Balaban J connectivity index is 2.38. The number of ether oxygens (including phenoxy) is 1. The standard InChI is InChI=1S/C14H21NO4S/c1-3-4-9-20(17,18)15-8-7-14(16)12-10-11(19-2)5-6-13(12)15/h5-6,10,14,16H,3-4,7-9H2,1-2H3. The first kappa shape index (κ1) is 15.1. The van der Waals surface area contributed by atoms with Crippen LogP contribution >= 0.6 is 0 Å². The molecule has 0 spiro atoms. The zero-order valence-corrected chi connectivity index (χ0v) is 12.7. The predicted molar refractivity (Wildman–Crippen MR) is 78.6 cm³/mol. The molecule has 0 aliphatic carbocycles. The molecule has 2 rings (SSSR count). The molecule has 1 aliphatic rings. The smallest absolute Gasteiger partial charge is 0.235 e. The summed E-state index contributed by atoms with van der Waals surface area (Å²) >= 11 is 0. The van der Waals surface area contributed by atoms with Crippen LogP contribution in [-0.2, 0) is 10.0 Å². The molecule has 5 nitrogen and oxygen atoms in total. The summed E-state index contributed by atoms with van der Waals surface area (Å²) in [6.45, 7) is 2.29. The Bertz CT molecular complexity index is 571. The first-order chi connectivity index (χ1) is 9.49. The number of sulfonamides is 1. The van der Waals surface area contributed by atoms with Gasteiger partial charge in [-0.05, 0) is 31.0 Å². The number of benzene rings is 1. The average Bonchev–Trinajstić information content (AvgIpc) is 2.45. The van der Waals surface area contributed by atoms with E-state index in [0.29, 0.717) is 36.4 Å². The lowest BCUT2D eigenvalue weighted by atomic mass is 10.0. The number of aliphatic hydroxyl groups excluding tert-OH is 1. The molecule has 1 aromatic rings. The molecule has 0 bridgehead atoms. The molecule has 0 saturated carbocycles. The van der Waals surface area contributed by atoms with E-state index in [-0.39, 0.29) is 5.75 Å². The number of unbranched alkanes of at least 4 members (excludes halogenated alkanes) is 1. The van der Waals surface area contributed by atoms with Crippen molar-refractivity contribution < 1.29 is 18.3 Å². The summed E-state index contributed by atoms with van der Waals surface area (Å²) in [6.07, 6.45) is 1.25. The average molecular weight is 299 g/mol. The van der Waals surface area contributed by atoms with Crippen molar-refractivity contribution in [1.29, 1.82) is 0 Å². The highest BCUT2D eigenvalue weighted by molar-refractivity contribution is 7.92. The first-order valence-electron chi connectivity index (χ1n) is 6.86. The number of nitrogens with zero attached hydrogens (tertiary/aromatic N) is 1. The lowest BCUT2D eigenvalue weighted by molar-refractivity contribution is 0.166. The number of hydrogen-bond donors (Lipinski definition) is 1. The van der Waals surface area contributed by atoms with Crippen LogP contribution in [-0.4, -0.2) is 32.9 Å². The highest BCUT2D eigenvalue weighted by atomic mass is 32.2. The topological polar surface area (TPSA) is 66.8 Å². The maximum atomic E-state index is 12.4. The fraction of sp³-hybridized carbons (Fsp3) is 0.571. The molecule has 0 amide bonds. The largest absolute Gasteiger partial charge is 0.497 e. The summed E-state index contributed by atoms with van der Waals surface area (Å²) < 4.78 is 31.3. The van der Waals surface area contributed by atoms with Crippen molar-refractivity contribution in [3.8, 4) is 5.75 Å². The zero-order valence-electron chi connectivity index (χ0n) is 11.9. The van der Waals surface area contributed by atoms with Crippen LogP contribution in [0.15, 0.2) is 18.2 Å². The van der Waals surface area contributed by atoms with Gasteiger partial charge in [0, 0.05) is 12.1 Å². The predicted octanol–water partition coefficient (Wildman–Crippen LogP) is 2.07. The van der Waals surface area contributed by atoms with Gasteiger partial charge in [-0.1, -0.05) is 13.3 Å². The van der Waals surface area contributed by atoms with Gasteiger partial charge in [-0.25, -0.2) is 8.42 Å². The Kier molecular flexibility index (Phi) is 4.55. The molecule has 6 heteroatoms. The third-order valence-electron chi connectivity index (χ3n) is 3.56. The van der Waals surface area contributed by atoms with E-state index in [1.807, 2.05) is 6.92 Å². The van der Waals surface area contributed by atoms with Crippen molar-refractivity contribution in [3.05, 3.63) is 23.8 Å². The maximum absolute atomic E-state index is 12.4. The van der Waals surface area contributed by atoms with E-state index < -0.39 is 16.1 Å². The second-order valence-corrected chi connectivity index (χ2v) is 6.98. The molecule has 20 heavy (non-hydrogen) atoms. The number of hydrogen-bond acceptors (Lipinski definition) is 4. The molecule has 0 saturated heterocycles. The molecule has 1 atom stereocenters. The highest BCUT2D eigenvalue weighted by Crippen LogP contribution is 2.37. The molecular formula is C14H21NO4S. The first-order valence-corrected chi connectivity index (χ1v) is 8.47. The van der Waals surface area contributed by atoms with Gasteiger partial charge in [0.15, 0.2) is 0 Å². The van der Waals surface area contributed by atoms with Crippen LogP contribution in [0.5, 0.6) is 5.75 Å². The van der Waals surface area contributed by atoms with Crippen LogP contribution in [0.4, 0.5) is 5.69 Å². The van der Waals surface area contributed by atoms with Crippen molar-refractivity contribution in [2.45, 2.75) is 32.3 Å². The van der Waals surface area contributed by atoms with E-state index in [1.165, 1.54) is 4.31 Å². The fourth-order valence-corrected chi connectivity index (χ4v) is 4.12. The second-order valence-electron chi connectivity index (χ2n) is 4.97. The van der Waals surface area contributed by atoms with Crippen LogP contribution in [0.1, 0.15) is 37.9 Å². The van der Waals surface area contributed by atoms with Crippen LogP contribution < -0.4 is 9.04 Å². The maximum Gasteiger partial charge on any atom is 0.235 e. The molecule has 112 valence electrons. The van der Waals surface area contributed by atoms with Crippen molar-refractivity contribution in [2.75, 3.05) is 23.7 Å². The van der Waals surface area contributed by atoms with Gasteiger partial charge in [-0.2, -0.15) is 0 Å². The Labute approximate surface area is 120 Å². The minimum absolute atomic E-state index is 0.144. The Morgan fingerprint density at radius 1 is 1.45 bits per heavy atom. The van der Waals surface area contributed by atoms with Gasteiger partial charge >= 0.3 is 0 Å². The van der Waals surface area contributed by atoms with E-state index >= 15 is 0 Å². The van der Waals surface area contributed by atoms with Crippen LogP contribution in [0, 0.1) is 0 Å². The number of anilines is 1. The lowest BCUT2D eigenvalue weighted by Gasteiger charge is -2.33. The molecule has 0 fully saturated rings. The van der Waals surface area contributed by atoms with Crippen LogP contribution in [0.25, 0.3) is 0 Å². The monoisotopic (exact) mass is 299 g/mol. The van der Waals surface area contributed by atoms with Crippen molar-refractivity contribution in [1.82, 2.24) is 0 Å². The van der Waals surface area contributed by atoms with Crippen LogP contribution in [0.2, 0.25) is 0 Å². The van der Waals surface area contributed by atoms with Gasteiger partial charge in [0.1, 0.15) is 5.75 Å². The number of aliphatic hydroxyl groups is 1. The molecule has 1 heterocycles. The van der Waals surface area contributed by atoms with Gasteiger partial charge in [0.2, 0.25) is 10.0 Å². The van der Waals surface area contributed by atoms with E-state index in [0.717, 1.165) is 6.42 Å². The molecule has 0 radical (unpaired) electrons. The van der Waals surface area contributed by atoms with Gasteiger partial charge in [-0.3, -0.25) is 4.31 Å². The molecular weight excluding hydrogens is 278 g/mol. The Morgan fingerprint density at radius 2 is 2.20 bits per heavy atom. The van der Waals surface area contributed by atoms with E-state index in [2.05, 4.69) is 0 Å². The van der Waals surface area contributed by atoms with Crippen LogP contribution in [0.3, 0.4) is 0 Å². The van der Waals surface area contributed by atoms with E-state index in [4.69, 9.17) is 4.74 Å². The zero-order chi connectivity index (χ0) is 14.8. The highest BCUT2D eigenvalue weighted by Gasteiger charge is 2.31. The molecule has 1 aromatic carbocycles. The normalized spacial score (nSPS) is 18.8. The molecule has 1 aliphatic heterocycles. The minimum Gasteiger partial charge on any atom is -0.497 e. The third-order valence-corrected chi connectivity index (χ3v) is 5.42. The Hall–Kier alpha value is -1.27. The second kappa shape index (κ2) is 6.01. The number of methoxy groups -OCH3 is 1.